The molecule has 0 bridgehead atoms. The highest BCUT2D eigenvalue weighted by Crippen LogP contribution is 2.22. The van der Waals surface area contributed by atoms with Gasteiger partial charge >= 0.3 is 0 Å². The number of fused-ring (bicyclic) bond motifs is 1. The van der Waals surface area contributed by atoms with Gasteiger partial charge in [0.05, 0.1) is 12.1 Å². The Morgan fingerprint density at radius 2 is 2.00 bits per heavy atom. The van der Waals surface area contributed by atoms with Crippen molar-refractivity contribution < 1.29 is 9.53 Å². The molecule has 1 aliphatic heterocycles. The van der Waals surface area contributed by atoms with E-state index in [1.54, 1.807) is 17.8 Å². The van der Waals surface area contributed by atoms with Gasteiger partial charge in [-0.25, -0.2) is 0 Å². The van der Waals surface area contributed by atoms with Gasteiger partial charge in [0.2, 0.25) is 0 Å². The minimum atomic E-state index is -0.112. The molecule has 0 N–H and O–H groups in total. The monoisotopic (exact) mass is 377 g/mol. The Kier molecular flexibility index (Phi) is 4.63. The van der Waals surface area contributed by atoms with Crippen molar-refractivity contribution in [1.29, 1.82) is 0 Å². The van der Waals surface area contributed by atoms with Crippen molar-refractivity contribution in [3.05, 3.63) is 69.8 Å². The smallest absolute Gasteiger partial charge is 0.254 e. The lowest BCUT2D eigenvalue weighted by molar-refractivity contribution is 0.0772. The van der Waals surface area contributed by atoms with Crippen LogP contribution in [0.2, 0.25) is 0 Å². The third-order valence-corrected chi connectivity index (χ3v) is 5.42. The predicted octanol–water partition coefficient (Wildman–Crippen LogP) is 2.84. The maximum Gasteiger partial charge on any atom is 0.254 e. The number of pyridine rings is 2. The maximum atomic E-state index is 12.9. The first-order chi connectivity index (χ1) is 13.4. The minimum absolute atomic E-state index is 0.00332. The number of likely N-dealkylation sites (tertiary alicyclic amines) is 1. The number of carbonyl (C=O) groups is 1. The molecule has 144 valence electrons. The van der Waals surface area contributed by atoms with Crippen molar-refractivity contribution in [2.45, 2.75) is 26.4 Å². The molecule has 1 aromatic carbocycles. The van der Waals surface area contributed by atoms with E-state index in [-0.39, 0.29) is 17.6 Å². The summed E-state index contributed by atoms with van der Waals surface area (Å²) in [5.41, 5.74) is 3.40. The quantitative estimate of drug-likeness (QED) is 0.704. The first-order valence-corrected chi connectivity index (χ1v) is 9.41. The van der Waals surface area contributed by atoms with Gasteiger partial charge < -0.3 is 14.2 Å². The first-order valence-electron chi connectivity index (χ1n) is 9.41. The molecule has 3 aromatic rings. The number of rotatable bonds is 3. The van der Waals surface area contributed by atoms with Gasteiger partial charge in [0.1, 0.15) is 11.9 Å². The zero-order valence-corrected chi connectivity index (χ0v) is 16.3. The standard InChI is InChI=1S/C22H23N3O3/c1-14-6-8-23-20-5-4-16(11-19(14)20)22(27)25-9-7-17(13-25)28-18-10-15(2)24(3)21(26)12-18/h4-6,8,10-12,17H,7,9,13H2,1-3H3. The second kappa shape index (κ2) is 7.11. The van der Waals surface area contributed by atoms with E-state index in [9.17, 15) is 9.59 Å². The average molecular weight is 377 g/mol. The molecule has 6 nitrogen and oxygen atoms in total. The Balaban J connectivity index is 1.49. The number of hydrogen-bond acceptors (Lipinski definition) is 4. The van der Waals surface area contributed by atoms with E-state index in [0.29, 0.717) is 24.4 Å². The third kappa shape index (κ3) is 3.38. The van der Waals surface area contributed by atoms with E-state index in [1.807, 2.05) is 49.1 Å². The third-order valence-electron chi connectivity index (χ3n) is 5.42. The van der Waals surface area contributed by atoms with Crippen molar-refractivity contribution >= 4 is 16.8 Å². The van der Waals surface area contributed by atoms with E-state index in [0.717, 1.165) is 28.6 Å². The number of hydrogen-bond donors (Lipinski definition) is 0. The number of aromatic nitrogens is 2. The lowest BCUT2D eigenvalue weighted by Gasteiger charge is -2.18. The summed E-state index contributed by atoms with van der Waals surface area (Å²) >= 11 is 0. The van der Waals surface area contributed by atoms with Crippen molar-refractivity contribution in [3.8, 4) is 5.75 Å². The molecule has 1 unspecified atom stereocenters. The van der Waals surface area contributed by atoms with Crippen molar-refractivity contribution in [2.24, 2.45) is 7.05 Å². The Morgan fingerprint density at radius 3 is 2.79 bits per heavy atom. The normalized spacial score (nSPS) is 16.5. The van der Waals surface area contributed by atoms with Crippen molar-refractivity contribution in [2.75, 3.05) is 13.1 Å². The van der Waals surface area contributed by atoms with Crippen LogP contribution in [0.4, 0.5) is 0 Å². The van der Waals surface area contributed by atoms with Crippen LogP contribution in [0.5, 0.6) is 5.75 Å². The van der Waals surface area contributed by atoms with Crippen LogP contribution in [0.3, 0.4) is 0 Å². The summed E-state index contributed by atoms with van der Waals surface area (Å²) < 4.78 is 7.56. The second-order valence-electron chi connectivity index (χ2n) is 7.37. The van der Waals surface area contributed by atoms with E-state index >= 15 is 0 Å². The topological polar surface area (TPSA) is 64.4 Å². The van der Waals surface area contributed by atoms with E-state index < -0.39 is 0 Å². The van der Waals surface area contributed by atoms with Crippen LogP contribution >= 0.6 is 0 Å². The Labute approximate surface area is 163 Å². The largest absolute Gasteiger partial charge is 0.488 e. The van der Waals surface area contributed by atoms with E-state index in [4.69, 9.17) is 4.74 Å². The molecule has 3 heterocycles. The zero-order valence-electron chi connectivity index (χ0n) is 16.3. The molecule has 0 saturated carbocycles. The number of ether oxygens (including phenoxy) is 1. The molecule has 0 spiro atoms. The first kappa shape index (κ1) is 18.2. The van der Waals surface area contributed by atoms with Crippen LogP contribution in [-0.2, 0) is 7.05 Å². The van der Waals surface area contributed by atoms with Gasteiger partial charge in [-0.05, 0) is 49.7 Å². The molecule has 0 aliphatic carbocycles. The maximum absolute atomic E-state index is 12.9. The molecule has 0 radical (unpaired) electrons. The summed E-state index contributed by atoms with van der Waals surface area (Å²) in [5.74, 6) is 0.559. The van der Waals surface area contributed by atoms with Crippen LogP contribution in [0.25, 0.3) is 10.9 Å². The van der Waals surface area contributed by atoms with Gasteiger partial charge in [0, 0.05) is 48.9 Å². The highest BCUT2D eigenvalue weighted by Gasteiger charge is 2.28. The molecule has 2 aromatic heterocycles. The summed E-state index contributed by atoms with van der Waals surface area (Å²) in [4.78, 5) is 31.0. The molecule has 1 saturated heterocycles. The molecule has 28 heavy (non-hydrogen) atoms. The second-order valence-corrected chi connectivity index (χ2v) is 7.37. The zero-order chi connectivity index (χ0) is 19.8. The summed E-state index contributed by atoms with van der Waals surface area (Å²) in [6.07, 6.45) is 2.41. The fraction of sp³-hybridized carbons (Fsp3) is 0.318. The number of amides is 1. The fourth-order valence-corrected chi connectivity index (χ4v) is 3.61. The van der Waals surface area contributed by atoms with Crippen molar-refractivity contribution in [3.63, 3.8) is 0 Å². The SMILES string of the molecule is Cc1ccnc2ccc(C(=O)N3CCC(Oc4cc(C)n(C)c(=O)c4)C3)cc12. The molecular formula is C22H23N3O3. The van der Waals surface area contributed by atoms with Gasteiger partial charge in [-0.2, -0.15) is 0 Å². The van der Waals surface area contributed by atoms with Crippen LogP contribution < -0.4 is 10.3 Å². The summed E-state index contributed by atoms with van der Waals surface area (Å²) in [6.45, 7) is 5.04. The van der Waals surface area contributed by atoms with Gasteiger partial charge in [-0.1, -0.05) is 0 Å². The van der Waals surface area contributed by atoms with E-state index in [1.165, 1.54) is 6.07 Å². The highest BCUT2D eigenvalue weighted by atomic mass is 16.5. The van der Waals surface area contributed by atoms with Crippen LogP contribution in [-0.4, -0.2) is 39.6 Å². The molecular weight excluding hydrogens is 354 g/mol. The van der Waals surface area contributed by atoms with Gasteiger partial charge in [0.25, 0.3) is 11.5 Å². The van der Waals surface area contributed by atoms with Gasteiger partial charge in [-0.3, -0.25) is 14.6 Å². The highest BCUT2D eigenvalue weighted by molar-refractivity contribution is 5.98. The lowest BCUT2D eigenvalue weighted by Crippen LogP contribution is -2.31. The summed E-state index contributed by atoms with van der Waals surface area (Å²) in [6, 6.07) is 10.9. The number of benzene rings is 1. The van der Waals surface area contributed by atoms with E-state index in [2.05, 4.69) is 4.98 Å². The van der Waals surface area contributed by atoms with Crippen LogP contribution in [0.15, 0.2) is 47.4 Å². The van der Waals surface area contributed by atoms with Crippen LogP contribution in [0, 0.1) is 13.8 Å². The number of nitrogens with zero attached hydrogens (tertiary/aromatic N) is 3. The van der Waals surface area contributed by atoms with Gasteiger partial charge in [-0.15, -0.1) is 0 Å². The lowest BCUT2D eigenvalue weighted by atomic mass is 10.1. The Bertz CT molecular complexity index is 1120. The summed E-state index contributed by atoms with van der Waals surface area (Å²) in [5, 5.41) is 0.996. The molecule has 4 rings (SSSR count). The molecule has 1 atom stereocenters. The fourth-order valence-electron chi connectivity index (χ4n) is 3.61. The predicted molar refractivity (Wildman–Crippen MR) is 108 cm³/mol. The number of carbonyl (C=O) groups excluding carboxylic acids is 1. The Hall–Kier alpha value is -3.15. The molecule has 6 heteroatoms. The van der Waals surface area contributed by atoms with Crippen LogP contribution in [0.1, 0.15) is 28.0 Å². The summed E-state index contributed by atoms with van der Waals surface area (Å²) in [7, 11) is 1.73. The Morgan fingerprint density at radius 1 is 1.18 bits per heavy atom. The van der Waals surface area contributed by atoms with Gasteiger partial charge in [0.15, 0.2) is 0 Å². The number of aryl methyl sites for hydroxylation is 2. The molecule has 1 aliphatic rings. The molecule has 1 fully saturated rings. The minimum Gasteiger partial charge on any atom is -0.488 e. The average Bonchev–Trinajstić information content (AvgIpc) is 3.14. The molecule has 1 amide bonds. The van der Waals surface area contributed by atoms with Crippen molar-refractivity contribution in [1.82, 2.24) is 14.5 Å².